The number of rotatable bonds is 7. The molecule has 1 spiro atoms. The summed E-state index contributed by atoms with van der Waals surface area (Å²) >= 11 is 0. The van der Waals surface area contributed by atoms with Crippen LogP contribution in [0.15, 0.2) is 59.9 Å². The van der Waals surface area contributed by atoms with Gasteiger partial charge in [-0.05, 0) is 50.1 Å². The molecule has 0 N–H and O–H groups in total. The van der Waals surface area contributed by atoms with Gasteiger partial charge >= 0.3 is 5.97 Å². The number of methoxy groups -OCH3 is 1. The van der Waals surface area contributed by atoms with E-state index in [1.165, 1.54) is 31.8 Å². The SMILES string of the molecule is COC(=O)c1cc(F)ccc1Oc1cncnc1N1CC2(CC(OS(=O)(=O)c3ccc(C)cc3)C2)C1. The molecule has 36 heavy (non-hydrogen) atoms. The number of carbonyl (C=O) groups is 1. The first-order valence-corrected chi connectivity index (χ1v) is 12.7. The number of aryl methyl sites for hydroxylation is 1. The van der Waals surface area contributed by atoms with Crippen molar-refractivity contribution in [2.75, 3.05) is 25.1 Å². The lowest BCUT2D eigenvalue weighted by molar-refractivity contribution is -0.0309. The third-order valence-corrected chi connectivity index (χ3v) is 7.85. The Balaban J connectivity index is 1.24. The molecule has 1 aliphatic heterocycles. The van der Waals surface area contributed by atoms with Crippen molar-refractivity contribution in [2.24, 2.45) is 5.41 Å². The Bertz CT molecular complexity index is 1400. The highest BCUT2D eigenvalue weighted by Crippen LogP contribution is 2.52. The molecule has 1 saturated carbocycles. The van der Waals surface area contributed by atoms with Crippen LogP contribution in [0.1, 0.15) is 28.8 Å². The zero-order valence-corrected chi connectivity index (χ0v) is 20.5. The van der Waals surface area contributed by atoms with E-state index in [-0.39, 0.29) is 27.7 Å². The summed E-state index contributed by atoms with van der Waals surface area (Å²) in [4.78, 5) is 22.5. The van der Waals surface area contributed by atoms with Crippen LogP contribution in [0.3, 0.4) is 0 Å². The fourth-order valence-electron chi connectivity index (χ4n) is 4.68. The number of nitrogens with zero attached hydrogens (tertiary/aromatic N) is 3. The summed E-state index contributed by atoms with van der Waals surface area (Å²) in [6, 6.07) is 10.2. The molecule has 188 valence electrons. The van der Waals surface area contributed by atoms with Crippen LogP contribution in [-0.2, 0) is 19.0 Å². The first-order chi connectivity index (χ1) is 17.2. The van der Waals surface area contributed by atoms with Gasteiger partial charge in [-0.2, -0.15) is 8.42 Å². The van der Waals surface area contributed by atoms with Crippen molar-refractivity contribution >= 4 is 21.9 Å². The predicted molar refractivity (Wildman–Crippen MR) is 127 cm³/mol. The highest BCUT2D eigenvalue weighted by atomic mass is 32.2. The second kappa shape index (κ2) is 9.14. The molecule has 0 bridgehead atoms. The van der Waals surface area contributed by atoms with Crippen LogP contribution in [0.5, 0.6) is 11.5 Å². The lowest BCUT2D eigenvalue weighted by Gasteiger charge is -2.58. The summed E-state index contributed by atoms with van der Waals surface area (Å²) in [6.07, 6.45) is 3.71. The van der Waals surface area contributed by atoms with E-state index in [2.05, 4.69) is 9.97 Å². The largest absolute Gasteiger partial charge is 0.465 e. The molecule has 1 saturated heterocycles. The van der Waals surface area contributed by atoms with E-state index < -0.39 is 21.9 Å². The fraction of sp³-hybridized carbons (Fsp3) is 0.320. The van der Waals surface area contributed by atoms with Crippen LogP contribution in [0.4, 0.5) is 10.2 Å². The molecular weight excluding hydrogens is 489 g/mol. The van der Waals surface area contributed by atoms with E-state index in [4.69, 9.17) is 13.7 Å². The standard InChI is InChI=1S/C25H24FN3O6S/c1-16-3-6-19(7-4-16)36(31,32)35-18-10-25(11-18)13-29(14-25)23-22(12-27-15-28-23)34-21-8-5-17(26)9-20(21)24(30)33-2/h3-9,12,15,18H,10-11,13-14H2,1-2H3. The Morgan fingerprint density at radius 3 is 2.53 bits per heavy atom. The number of esters is 1. The molecule has 2 aliphatic rings. The highest BCUT2D eigenvalue weighted by Gasteiger charge is 2.54. The van der Waals surface area contributed by atoms with Gasteiger partial charge in [0, 0.05) is 18.5 Å². The van der Waals surface area contributed by atoms with Crippen molar-refractivity contribution in [1.29, 1.82) is 0 Å². The van der Waals surface area contributed by atoms with Crippen LogP contribution < -0.4 is 9.64 Å². The maximum atomic E-state index is 13.7. The van der Waals surface area contributed by atoms with E-state index >= 15 is 0 Å². The molecule has 5 rings (SSSR count). The number of aromatic nitrogens is 2. The lowest BCUT2D eigenvalue weighted by Crippen LogP contribution is -2.64. The Hall–Kier alpha value is -3.57. The Labute approximate surface area is 208 Å². The van der Waals surface area contributed by atoms with Gasteiger partial charge in [0.1, 0.15) is 23.5 Å². The van der Waals surface area contributed by atoms with Crippen molar-refractivity contribution in [3.05, 3.63) is 71.9 Å². The average Bonchev–Trinajstić information content (AvgIpc) is 2.81. The second-order valence-electron chi connectivity index (χ2n) is 9.19. The van der Waals surface area contributed by atoms with Crippen molar-refractivity contribution in [3.8, 4) is 11.5 Å². The normalized spacial score (nSPS) is 16.8. The van der Waals surface area contributed by atoms with Gasteiger partial charge in [0.05, 0.1) is 24.3 Å². The van der Waals surface area contributed by atoms with Gasteiger partial charge < -0.3 is 14.4 Å². The first kappa shape index (κ1) is 24.1. The number of benzene rings is 2. The van der Waals surface area contributed by atoms with Crippen LogP contribution in [0.25, 0.3) is 0 Å². The Morgan fingerprint density at radius 2 is 1.83 bits per heavy atom. The smallest absolute Gasteiger partial charge is 0.341 e. The average molecular weight is 514 g/mol. The van der Waals surface area contributed by atoms with Gasteiger partial charge in [-0.3, -0.25) is 4.18 Å². The van der Waals surface area contributed by atoms with E-state index in [0.29, 0.717) is 37.5 Å². The first-order valence-electron chi connectivity index (χ1n) is 11.3. The molecule has 2 heterocycles. The molecule has 9 nitrogen and oxygen atoms in total. The molecule has 0 unspecified atom stereocenters. The number of ether oxygens (including phenoxy) is 2. The van der Waals surface area contributed by atoms with Crippen LogP contribution >= 0.6 is 0 Å². The molecule has 1 aromatic heterocycles. The minimum Gasteiger partial charge on any atom is -0.465 e. The molecule has 1 aliphatic carbocycles. The van der Waals surface area contributed by atoms with Crippen LogP contribution in [0, 0.1) is 18.2 Å². The maximum Gasteiger partial charge on any atom is 0.341 e. The summed E-state index contributed by atoms with van der Waals surface area (Å²) < 4.78 is 54.9. The number of halogens is 1. The van der Waals surface area contributed by atoms with E-state index in [1.54, 1.807) is 24.3 Å². The van der Waals surface area contributed by atoms with Crippen molar-refractivity contribution in [2.45, 2.75) is 30.8 Å². The van der Waals surface area contributed by atoms with Gasteiger partial charge in [0.25, 0.3) is 10.1 Å². The Morgan fingerprint density at radius 1 is 1.11 bits per heavy atom. The van der Waals surface area contributed by atoms with Gasteiger partial charge in [0.2, 0.25) is 0 Å². The summed E-state index contributed by atoms with van der Waals surface area (Å²) in [5.41, 5.74) is 0.851. The molecule has 2 aromatic carbocycles. The second-order valence-corrected chi connectivity index (χ2v) is 10.8. The lowest BCUT2D eigenvalue weighted by atomic mass is 9.62. The van der Waals surface area contributed by atoms with Crippen LogP contribution in [-0.4, -0.2) is 50.7 Å². The van der Waals surface area contributed by atoms with E-state index in [1.807, 2.05) is 11.8 Å². The number of anilines is 1. The monoisotopic (exact) mass is 513 g/mol. The molecule has 3 aromatic rings. The summed E-state index contributed by atoms with van der Waals surface area (Å²) in [5, 5.41) is 0. The molecule has 11 heteroatoms. The van der Waals surface area contributed by atoms with Gasteiger partial charge in [-0.1, -0.05) is 17.7 Å². The molecule has 2 fully saturated rings. The molecule has 0 radical (unpaired) electrons. The van der Waals surface area contributed by atoms with E-state index in [0.717, 1.165) is 11.6 Å². The third-order valence-electron chi connectivity index (χ3n) is 6.47. The van der Waals surface area contributed by atoms with Crippen molar-refractivity contribution in [1.82, 2.24) is 9.97 Å². The summed E-state index contributed by atoms with van der Waals surface area (Å²) in [7, 11) is -2.61. The fourth-order valence-corrected chi connectivity index (χ4v) is 5.76. The highest BCUT2D eigenvalue weighted by molar-refractivity contribution is 7.86. The zero-order valence-electron chi connectivity index (χ0n) is 19.7. The minimum atomic E-state index is -3.81. The van der Waals surface area contributed by atoms with Crippen LogP contribution in [0.2, 0.25) is 0 Å². The Kier molecular flexibility index (Phi) is 6.13. The number of hydrogen-bond donors (Lipinski definition) is 0. The topological polar surface area (TPSA) is 108 Å². The predicted octanol–water partition coefficient (Wildman–Crippen LogP) is 3.88. The summed E-state index contributed by atoms with van der Waals surface area (Å²) in [6.45, 7) is 3.16. The molecular formula is C25H24FN3O6S. The van der Waals surface area contributed by atoms with Gasteiger partial charge in [-0.15, -0.1) is 0 Å². The molecule has 0 amide bonds. The third kappa shape index (κ3) is 4.63. The van der Waals surface area contributed by atoms with Crippen molar-refractivity contribution in [3.63, 3.8) is 0 Å². The summed E-state index contributed by atoms with van der Waals surface area (Å²) in [5.74, 6) is -0.381. The van der Waals surface area contributed by atoms with Gasteiger partial charge in [0.15, 0.2) is 11.6 Å². The maximum absolute atomic E-state index is 13.7. The van der Waals surface area contributed by atoms with Crippen molar-refractivity contribution < 1.29 is 31.3 Å². The quantitative estimate of drug-likeness (QED) is 0.344. The zero-order chi connectivity index (χ0) is 25.5. The van der Waals surface area contributed by atoms with Gasteiger partial charge in [-0.25, -0.2) is 19.2 Å². The minimum absolute atomic E-state index is 0.0545. The van der Waals surface area contributed by atoms with E-state index in [9.17, 15) is 17.6 Å². The number of hydrogen-bond acceptors (Lipinski definition) is 9. The molecule has 0 atom stereocenters. The number of carbonyl (C=O) groups excluding carboxylic acids is 1.